The Morgan fingerprint density at radius 3 is 1.34 bits per heavy atom. The molecule has 12 heteroatoms. The zero-order valence-corrected chi connectivity index (χ0v) is 22.7. The van der Waals surface area contributed by atoms with Gasteiger partial charge in [0.25, 0.3) is 0 Å². The number of rotatable bonds is 10. The maximum absolute atomic E-state index is 13.6. The summed E-state index contributed by atoms with van der Waals surface area (Å²) in [6.07, 6.45) is 0. The number of benzene rings is 3. The van der Waals surface area contributed by atoms with Gasteiger partial charge >= 0.3 is 0 Å². The first-order valence-electron chi connectivity index (χ1n) is 8.84. The molecule has 0 saturated carbocycles. The maximum Gasteiger partial charge on any atom is 0.152 e. The minimum absolute atomic E-state index is 0.293. The van der Waals surface area contributed by atoms with Gasteiger partial charge in [-0.15, -0.1) is 0 Å². The van der Waals surface area contributed by atoms with E-state index in [1.165, 1.54) is 48.4 Å². The smallest absolute Gasteiger partial charge is 0.152 e. The van der Waals surface area contributed by atoms with Gasteiger partial charge in [0.2, 0.25) is 0 Å². The van der Waals surface area contributed by atoms with Crippen LogP contribution in [0.15, 0.2) is 105 Å². The van der Waals surface area contributed by atoms with Crippen molar-refractivity contribution in [2.24, 2.45) is 0 Å². The average molecular weight is 573 g/mol. The van der Waals surface area contributed by atoms with E-state index in [-0.39, 0.29) is 0 Å². The fourth-order valence-corrected chi connectivity index (χ4v) is 9.81. The third-order valence-electron chi connectivity index (χ3n) is 3.92. The highest BCUT2D eigenvalue weighted by atomic mass is 32.8. The molecule has 0 amide bonds. The van der Waals surface area contributed by atoms with Crippen molar-refractivity contribution in [2.75, 3.05) is 0 Å². The van der Waals surface area contributed by atoms with Gasteiger partial charge in [0.15, 0.2) is 17.4 Å². The van der Waals surface area contributed by atoms with Gasteiger partial charge in [-0.05, 0) is 42.5 Å². The summed E-state index contributed by atoms with van der Waals surface area (Å²) in [5.41, 5.74) is 2.53. The summed E-state index contributed by atoms with van der Waals surface area (Å²) in [6, 6.07) is 25.1. The third kappa shape index (κ3) is 6.06. The monoisotopic (exact) mass is 572 g/mol. The topological polar surface area (TPSA) is 40.6 Å². The molecule has 3 aromatic carbocycles. The highest BCUT2D eigenvalue weighted by Crippen LogP contribution is 2.32. The van der Waals surface area contributed by atoms with Crippen LogP contribution in [0, 0.1) is 0 Å². The molecule has 0 aliphatic carbocycles. The Bertz CT molecular complexity index is 1200. The zero-order valence-electron chi connectivity index (χ0n) is 16.2. The van der Waals surface area contributed by atoms with Gasteiger partial charge in [-0.3, -0.25) is 0 Å². The lowest BCUT2D eigenvalue weighted by Gasteiger charge is -2.23. The van der Waals surface area contributed by atoms with Crippen LogP contribution in [0.5, 0.6) is 0 Å². The van der Waals surface area contributed by atoms with Crippen molar-refractivity contribution in [3.63, 3.8) is 0 Å². The number of hydrogen-bond acceptors (Lipinski definition) is 8. The summed E-state index contributed by atoms with van der Waals surface area (Å²) < 4.78 is 29.9. The van der Waals surface area contributed by atoms with Crippen molar-refractivity contribution < 1.29 is 8.42 Å². The molecule has 0 aromatic heterocycles. The van der Waals surface area contributed by atoms with E-state index in [4.69, 9.17) is 46.8 Å². The summed E-state index contributed by atoms with van der Waals surface area (Å²) in [5.74, 6) is 0. The second-order valence-corrected chi connectivity index (χ2v) is 15.3. The predicted molar refractivity (Wildman–Crippen MR) is 150 cm³/mol. The van der Waals surface area contributed by atoms with Gasteiger partial charge in [0.05, 0.1) is 20.8 Å². The maximum atomic E-state index is 13.6. The van der Waals surface area contributed by atoms with Gasteiger partial charge in [-0.1, -0.05) is 66.9 Å². The van der Waals surface area contributed by atoms with Crippen molar-refractivity contribution in [3.8, 4) is 0 Å². The lowest BCUT2D eigenvalue weighted by atomic mass is 10.4. The molecule has 166 valence electrons. The van der Waals surface area contributed by atoms with Crippen LogP contribution in [-0.2, 0) is 39.7 Å². The van der Waals surface area contributed by atoms with Gasteiger partial charge in [-0.25, -0.2) is 15.8 Å². The van der Waals surface area contributed by atoms with Gasteiger partial charge in [0.1, 0.15) is 0 Å². The molecule has 0 radical (unpaired) electrons. The van der Waals surface area contributed by atoms with Crippen LogP contribution in [0.1, 0.15) is 0 Å². The molecular weight excluding hydrogens is 557 g/mol. The van der Waals surface area contributed by atoms with Crippen LogP contribution in [-0.4, -0.2) is 26.8 Å². The Morgan fingerprint density at radius 2 is 1.00 bits per heavy atom. The third-order valence-corrected chi connectivity index (χ3v) is 13.7. The highest BCUT2D eigenvalue weighted by Gasteiger charge is 2.24. The molecule has 2 atom stereocenters. The van der Waals surface area contributed by atoms with E-state index in [2.05, 4.69) is 0 Å². The zero-order chi connectivity index (χ0) is 23.2. The largest absolute Gasteiger partial charge is 0.229 e. The Hall–Kier alpha value is -1.12. The van der Waals surface area contributed by atoms with Crippen LogP contribution >= 0.6 is 48.3 Å². The van der Waals surface area contributed by atoms with Crippen molar-refractivity contribution in [2.45, 2.75) is 19.6 Å². The van der Waals surface area contributed by atoms with E-state index in [1.54, 1.807) is 18.2 Å². The fourth-order valence-electron chi connectivity index (χ4n) is 2.43. The van der Waals surface area contributed by atoms with Crippen molar-refractivity contribution >= 4 is 99.0 Å². The van der Waals surface area contributed by atoms with Crippen molar-refractivity contribution in [1.29, 1.82) is 0 Å². The van der Waals surface area contributed by atoms with Crippen molar-refractivity contribution in [1.82, 2.24) is 7.42 Å². The second-order valence-electron chi connectivity index (χ2n) is 6.02. The molecule has 4 nitrogen and oxygen atoms in total. The molecule has 3 aromatic rings. The molecule has 0 N–H and O–H groups in total. The predicted octanol–water partition coefficient (Wildman–Crippen LogP) is 5.66. The van der Waals surface area contributed by atoms with Crippen LogP contribution in [0.25, 0.3) is 0 Å². The highest BCUT2D eigenvalue weighted by molar-refractivity contribution is 8.36. The van der Waals surface area contributed by atoms with Gasteiger partial charge < -0.3 is 0 Å². The molecule has 0 spiro atoms. The van der Waals surface area contributed by atoms with Gasteiger partial charge in [-0.2, -0.15) is 0 Å². The molecule has 0 bridgehead atoms. The fraction of sp³-hybridized carbons (Fsp3) is 0. The summed E-state index contributed by atoms with van der Waals surface area (Å²) in [5, 5.41) is 0. The average Bonchev–Trinajstić information content (AvgIpc) is 2.82. The van der Waals surface area contributed by atoms with Crippen molar-refractivity contribution in [3.05, 3.63) is 84.9 Å². The Balaban J connectivity index is 1.93. The van der Waals surface area contributed by atoms with Crippen LogP contribution < -0.4 is 0 Å². The lowest BCUT2D eigenvalue weighted by Crippen LogP contribution is -2.23. The van der Waals surface area contributed by atoms with Crippen LogP contribution in [0.4, 0.5) is 0 Å². The number of hydrogen-bond donors (Lipinski definition) is 0. The summed E-state index contributed by atoms with van der Waals surface area (Å²) in [4.78, 5) is 2.25. The Kier molecular flexibility index (Phi) is 9.04. The van der Waals surface area contributed by atoms with E-state index in [9.17, 15) is 8.42 Å². The van der Waals surface area contributed by atoms with Crippen LogP contribution in [0.3, 0.4) is 0 Å². The number of nitrogens with zero attached hydrogens (tertiary/aromatic N) is 2. The first-order valence-corrected chi connectivity index (χ1v) is 16.2. The molecule has 0 aliphatic rings. The molecule has 0 saturated heterocycles. The summed E-state index contributed by atoms with van der Waals surface area (Å²) >= 11 is 23.5. The second kappa shape index (κ2) is 11.3. The lowest BCUT2D eigenvalue weighted by molar-refractivity contribution is 0.668. The minimum atomic E-state index is -3.19. The first-order chi connectivity index (χ1) is 15.3. The Labute approximate surface area is 217 Å². The van der Waals surface area contributed by atoms with E-state index < -0.39 is 17.4 Å². The molecule has 0 heterocycles. The standard InChI is InChI=1S/C20H16N2O2S8/c23-31(27,21(15-25)29-17-8-3-1-4-9-17)19-12-7-13-20(14-19)32(24,28)22(16-26)30-18-10-5-2-6-11-18/h1-16H. The van der Waals surface area contributed by atoms with E-state index in [0.717, 1.165) is 9.79 Å². The summed E-state index contributed by atoms with van der Waals surface area (Å²) in [7, 11) is -6.37. The SMILES string of the molecule is O=S(=S)(c1cccc(S(=O)(=S)N(C=S)Sc2ccccc2)c1)N(C=S)Sc1ccccc1. The van der Waals surface area contributed by atoms with E-state index in [0.29, 0.717) is 9.79 Å². The molecule has 0 fully saturated rings. The molecule has 0 aliphatic heterocycles. The molecule has 32 heavy (non-hydrogen) atoms. The van der Waals surface area contributed by atoms with E-state index in [1.807, 2.05) is 60.7 Å². The van der Waals surface area contributed by atoms with E-state index >= 15 is 0 Å². The molecule has 3 rings (SSSR count). The van der Waals surface area contributed by atoms with Crippen LogP contribution in [0.2, 0.25) is 0 Å². The number of thiocarbonyl (C=S) groups is 2. The molecule has 2 unspecified atom stereocenters. The van der Waals surface area contributed by atoms with Gasteiger partial charge in [0, 0.05) is 56.1 Å². The minimum Gasteiger partial charge on any atom is -0.229 e. The normalized spacial score (nSPS) is 14.5. The Morgan fingerprint density at radius 1 is 0.625 bits per heavy atom. The summed E-state index contributed by atoms with van der Waals surface area (Å²) in [6.45, 7) is 0. The first kappa shape index (κ1) is 25.5. The quantitative estimate of drug-likeness (QED) is 0.228. The molecular formula is C20H16N2O2S8.